The minimum atomic E-state index is 0.147. The molecule has 2 rings (SSSR count). The fraction of sp³-hybridized carbons (Fsp3) is 0.667. The van der Waals surface area contributed by atoms with Crippen LogP contribution in [0.3, 0.4) is 0 Å². The molecule has 0 aromatic heterocycles. The van der Waals surface area contributed by atoms with Crippen molar-refractivity contribution in [1.29, 1.82) is 0 Å². The third-order valence-corrected chi connectivity index (χ3v) is 4.85. The van der Waals surface area contributed by atoms with Crippen LogP contribution in [-0.2, 0) is 0 Å². The molecule has 112 valence electrons. The fourth-order valence-corrected chi connectivity index (χ4v) is 3.72. The molecule has 0 radical (unpaired) electrons. The Bertz CT molecular complexity index is 422. The van der Waals surface area contributed by atoms with Crippen molar-refractivity contribution in [2.45, 2.75) is 53.0 Å². The summed E-state index contributed by atoms with van der Waals surface area (Å²) in [4.78, 5) is 2.55. The van der Waals surface area contributed by atoms with Crippen LogP contribution >= 0.6 is 0 Å². The maximum absolute atomic E-state index is 6.50. The van der Waals surface area contributed by atoms with Gasteiger partial charge in [0.2, 0.25) is 0 Å². The maximum atomic E-state index is 6.50. The second-order valence-corrected chi connectivity index (χ2v) is 6.57. The zero-order valence-corrected chi connectivity index (χ0v) is 13.6. The molecular formula is C18H30N2. The molecule has 2 nitrogen and oxygen atoms in total. The van der Waals surface area contributed by atoms with Crippen LogP contribution in [0.5, 0.6) is 0 Å². The van der Waals surface area contributed by atoms with Gasteiger partial charge < -0.3 is 10.6 Å². The zero-order chi connectivity index (χ0) is 14.7. The lowest BCUT2D eigenvalue weighted by Gasteiger charge is -2.33. The van der Waals surface area contributed by atoms with Crippen molar-refractivity contribution in [3.05, 3.63) is 34.4 Å². The first-order valence-corrected chi connectivity index (χ1v) is 8.07. The molecule has 0 spiro atoms. The molecule has 20 heavy (non-hydrogen) atoms. The van der Waals surface area contributed by atoms with Crippen molar-refractivity contribution in [1.82, 2.24) is 4.90 Å². The van der Waals surface area contributed by atoms with Crippen LogP contribution in [0.2, 0.25) is 0 Å². The highest BCUT2D eigenvalue weighted by molar-refractivity contribution is 5.39. The maximum Gasteiger partial charge on any atom is 0.0429 e. The Kier molecular flexibility index (Phi) is 5.22. The van der Waals surface area contributed by atoms with Crippen LogP contribution < -0.4 is 5.73 Å². The van der Waals surface area contributed by atoms with E-state index in [9.17, 15) is 0 Å². The molecule has 1 heterocycles. The summed E-state index contributed by atoms with van der Waals surface area (Å²) in [6.07, 6.45) is 4.01. The summed E-state index contributed by atoms with van der Waals surface area (Å²) < 4.78 is 0. The number of hydrogen-bond acceptors (Lipinski definition) is 2. The Morgan fingerprint density at radius 2 is 1.70 bits per heavy atom. The van der Waals surface area contributed by atoms with Gasteiger partial charge in [-0.2, -0.15) is 0 Å². The molecule has 2 N–H and O–H groups in total. The van der Waals surface area contributed by atoms with Crippen LogP contribution in [0.25, 0.3) is 0 Å². The van der Waals surface area contributed by atoms with Gasteiger partial charge in [0.1, 0.15) is 0 Å². The van der Waals surface area contributed by atoms with Gasteiger partial charge >= 0.3 is 0 Å². The average molecular weight is 274 g/mol. The topological polar surface area (TPSA) is 29.3 Å². The van der Waals surface area contributed by atoms with Crippen molar-refractivity contribution < 1.29 is 0 Å². The molecule has 1 aliphatic rings. The van der Waals surface area contributed by atoms with Crippen LogP contribution in [0.4, 0.5) is 0 Å². The number of benzene rings is 1. The Morgan fingerprint density at radius 1 is 1.15 bits per heavy atom. The lowest BCUT2D eigenvalue weighted by molar-refractivity contribution is 0.173. The van der Waals surface area contributed by atoms with Crippen molar-refractivity contribution in [2.75, 3.05) is 19.6 Å². The van der Waals surface area contributed by atoms with Crippen LogP contribution in [0.15, 0.2) is 12.1 Å². The molecule has 1 aliphatic heterocycles. The van der Waals surface area contributed by atoms with E-state index in [1.165, 1.54) is 54.6 Å². The van der Waals surface area contributed by atoms with Gasteiger partial charge in [-0.3, -0.25) is 0 Å². The van der Waals surface area contributed by atoms with E-state index in [1.807, 2.05) is 0 Å². The highest BCUT2D eigenvalue weighted by atomic mass is 15.1. The van der Waals surface area contributed by atoms with Crippen molar-refractivity contribution >= 4 is 0 Å². The number of rotatable bonds is 4. The van der Waals surface area contributed by atoms with Gasteiger partial charge in [0.05, 0.1) is 0 Å². The number of hydrogen-bond donors (Lipinski definition) is 1. The minimum absolute atomic E-state index is 0.147. The molecular weight excluding hydrogens is 244 g/mol. The fourth-order valence-electron chi connectivity index (χ4n) is 3.72. The highest BCUT2D eigenvalue weighted by Gasteiger charge is 2.21. The van der Waals surface area contributed by atoms with Crippen LogP contribution in [0, 0.1) is 26.7 Å². The summed E-state index contributed by atoms with van der Waals surface area (Å²) in [6, 6.07) is 4.66. The largest absolute Gasteiger partial charge is 0.323 e. The summed E-state index contributed by atoms with van der Waals surface area (Å²) in [5, 5.41) is 0. The number of likely N-dealkylation sites (tertiary alicyclic amines) is 1. The molecule has 0 bridgehead atoms. The lowest BCUT2D eigenvalue weighted by atomic mass is 9.92. The van der Waals surface area contributed by atoms with Gasteiger partial charge in [-0.25, -0.2) is 0 Å². The first-order chi connectivity index (χ1) is 9.51. The van der Waals surface area contributed by atoms with Gasteiger partial charge in [0.25, 0.3) is 0 Å². The van der Waals surface area contributed by atoms with Crippen molar-refractivity contribution in [3.8, 4) is 0 Å². The molecule has 1 saturated heterocycles. The first-order valence-electron chi connectivity index (χ1n) is 8.07. The second kappa shape index (κ2) is 6.73. The Morgan fingerprint density at radius 3 is 2.20 bits per heavy atom. The minimum Gasteiger partial charge on any atom is -0.323 e. The van der Waals surface area contributed by atoms with Crippen LogP contribution in [-0.4, -0.2) is 24.5 Å². The van der Waals surface area contributed by atoms with Gasteiger partial charge in [0.15, 0.2) is 0 Å². The number of nitrogens with two attached hydrogens (primary N) is 1. The Hall–Kier alpha value is -0.860. The molecule has 1 aromatic carbocycles. The molecule has 0 aliphatic carbocycles. The monoisotopic (exact) mass is 274 g/mol. The predicted molar refractivity (Wildman–Crippen MR) is 87.0 cm³/mol. The average Bonchev–Trinajstić information content (AvgIpc) is 2.38. The number of aryl methyl sites for hydroxylation is 3. The van der Waals surface area contributed by atoms with E-state index in [-0.39, 0.29) is 6.04 Å². The van der Waals surface area contributed by atoms with Gasteiger partial charge in [0, 0.05) is 12.6 Å². The molecule has 1 atom stereocenters. The van der Waals surface area contributed by atoms with Crippen molar-refractivity contribution in [3.63, 3.8) is 0 Å². The normalized spacial score (nSPS) is 19.2. The smallest absolute Gasteiger partial charge is 0.0429 e. The van der Waals surface area contributed by atoms with E-state index < -0.39 is 0 Å². The molecule has 1 unspecified atom stereocenters. The summed E-state index contributed by atoms with van der Waals surface area (Å²) in [5.41, 5.74) is 11.9. The van der Waals surface area contributed by atoms with E-state index in [4.69, 9.17) is 5.73 Å². The van der Waals surface area contributed by atoms with Gasteiger partial charge in [-0.1, -0.05) is 31.0 Å². The SMILES string of the molecule is CCC1CCN(CC(N)c2c(C)cc(C)cc2C)CC1. The van der Waals surface area contributed by atoms with E-state index in [1.54, 1.807) is 0 Å². The Labute approximate surface area is 124 Å². The number of nitrogens with zero attached hydrogens (tertiary/aromatic N) is 1. The molecule has 1 fully saturated rings. The lowest BCUT2D eigenvalue weighted by Crippen LogP contribution is -2.38. The molecule has 0 saturated carbocycles. The molecule has 0 amide bonds. The molecule has 1 aromatic rings. The van der Waals surface area contributed by atoms with Crippen LogP contribution in [0.1, 0.15) is 54.5 Å². The number of piperidine rings is 1. The molecule has 2 heteroatoms. The summed E-state index contributed by atoms with van der Waals surface area (Å²) in [5.74, 6) is 0.935. The highest BCUT2D eigenvalue weighted by Crippen LogP contribution is 2.25. The third-order valence-electron chi connectivity index (χ3n) is 4.85. The van der Waals surface area contributed by atoms with E-state index in [2.05, 4.69) is 44.7 Å². The summed E-state index contributed by atoms with van der Waals surface area (Å²) in [6.45, 7) is 12.3. The Balaban J connectivity index is 2.00. The van der Waals surface area contributed by atoms with Gasteiger partial charge in [-0.05, 0) is 69.3 Å². The second-order valence-electron chi connectivity index (χ2n) is 6.57. The summed E-state index contributed by atoms with van der Waals surface area (Å²) >= 11 is 0. The zero-order valence-electron chi connectivity index (χ0n) is 13.6. The van der Waals surface area contributed by atoms with E-state index in [0.29, 0.717) is 0 Å². The summed E-state index contributed by atoms with van der Waals surface area (Å²) in [7, 11) is 0. The van der Waals surface area contributed by atoms with Gasteiger partial charge in [-0.15, -0.1) is 0 Å². The van der Waals surface area contributed by atoms with Crippen molar-refractivity contribution in [2.24, 2.45) is 11.7 Å². The third kappa shape index (κ3) is 3.62. The van der Waals surface area contributed by atoms with E-state index >= 15 is 0 Å². The predicted octanol–water partition coefficient (Wildman–Crippen LogP) is 3.73. The quantitative estimate of drug-likeness (QED) is 0.906. The van der Waals surface area contributed by atoms with E-state index in [0.717, 1.165) is 12.5 Å². The standard InChI is InChI=1S/C18H30N2/c1-5-16-6-8-20(9-7-16)12-17(19)18-14(3)10-13(2)11-15(18)4/h10-11,16-17H,5-9,12,19H2,1-4H3. The first kappa shape index (κ1) is 15.5.